The highest BCUT2D eigenvalue weighted by molar-refractivity contribution is 6.06. The van der Waals surface area contributed by atoms with Crippen molar-refractivity contribution in [3.05, 3.63) is 65.7 Å². The maximum Gasteiger partial charge on any atom is 0.306 e. The van der Waals surface area contributed by atoms with Crippen molar-refractivity contribution in [1.29, 1.82) is 0 Å². The third-order valence-electron chi connectivity index (χ3n) is 3.43. The monoisotopic (exact) mass is 341 g/mol. The van der Waals surface area contributed by atoms with Gasteiger partial charge in [-0.05, 0) is 24.1 Å². The number of ether oxygens (including phenoxy) is 2. The molecule has 0 unspecified atom stereocenters. The highest BCUT2D eigenvalue weighted by Crippen LogP contribution is 2.16. The van der Waals surface area contributed by atoms with Crippen molar-refractivity contribution in [2.75, 3.05) is 13.7 Å². The average Bonchev–Trinajstić information content (AvgIpc) is 2.65. The average molecular weight is 341 g/mol. The molecular formula is C19H19NO5. The third-order valence-corrected chi connectivity index (χ3v) is 3.43. The van der Waals surface area contributed by atoms with E-state index in [1.165, 1.54) is 13.2 Å². The molecule has 6 heteroatoms. The van der Waals surface area contributed by atoms with E-state index in [2.05, 4.69) is 5.32 Å². The fraction of sp³-hybridized carbons (Fsp3) is 0.211. The molecule has 130 valence electrons. The highest BCUT2D eigenvalue weighted by Gasteiger charge is 2.15. The number of aryl methyl sites for hydroxylation is 1. The summed E-state index contributed by atoms with van der Waals surface area (Å²) in [6.45, 7) is -0.505. The van der Waals surface area contributed by atoms with Gasteiger partial charge in [0.15, 0.2) is 6.61 Å². The summed E-state index contributed by atoms with van der Waals surface area (Å²) in [7, 11) is 1.43. The van der Waals surface area contributed by atoms with Gasteiger partial charge in [0.25, 0.3) is 11.8 Å². The molecule has 0 aliphatic rings. The summed E-state index contributed by atoms with van der Waals surface area (Å²) in [5.41, 5.74) is 1.24. The summed E-state index contributed by atoms with van der Waals surface area (Å²) >= 11 is 0. The maximum absolute atomic E-state index is 12.0. The molecule has 2 amide bonds. The molecule has 2 rings (SSSR count). The standard InChI is InChI=1S/C19H19NO5/c1-24-16-10-6-5-9-15(16)19(23)20-17(21)13-25-18(22)12-11-14-7-3-2-4-8-14/h2-10H,11-13H2,1H3,(H,20,21,23). The van der Waals surface area contributed by atoms with E-state index in [1.54, 1.807) is 18.2 Å². The first-order chi connectivity index (χ1) is 12.1. The number of rotatable bonds is 7. The topological polar surface area (TPSA) is 81.7 Å². The van der Waals surface area contributed by atoms with Gasteiger partial charge in [-0.25, -0.2) is 0 Å². The molecule has 2 aromatic rings. The fourth-order valence-corrected chi connectivity index (χ4v) is 2.17. The predicted molar refractivity (Wildman–Crippen MR) is 91.2 cm³/mol. The minimum absolute atomic E-state index is 0.164. The lowest BCUT2D eigenvalue weighted by molar-refractivity contribution is -0.148. The molecule has 0 saturated heterocycles. The Kier molecular flexibility index (Phi) is 6.71. The maximum atomic E-state index is 12.0. The number of para-hydroxylation sites is 1. The molecule has 0 saturated carbocycles. The van der Waals surface area contributed by atoms with Crippen molar-refractivity contribution in [3.63, 3.8) is 0 Å². The third kappa shape index (κ3) is 5.76. The van der Waals surface area contributed by atoms with Gasteiger partial charge in [-0.3, -0.25) is 19.7 Å². The van der Waals surface area contributed by atoms with Gasteiger partial charge in [0.05, 0.1) is 12.7 Å². The molecule has 0 aromatic heterocycles. The minimum Gasteiger partial charge on any atom is -0.496 e. The number of methoxy groups -OCH3 is 1. The zero-order valence-electron chi connectivity index (χ0n) is 13.9. The van der Waals surface area contributed by atoms with Crippen molar-refractivity contribution in [2.45, 2.75) is 12.8 Å². The van der Waals surface area contributed by atoms with Crippen LogP contribution in [0.15, 0.2) is 54.6 Å². The number of carbonyl (C=O) groups excluding carboxylic acids is 3. The molecule has 0 aliphatic carbocycles. The van der Waals surface area contributed by atoms with Gasteiger partial charge in [-0.15, -0.1) is 0 Å². The molecule has 0 aliphatic heterocycles. The van der Waals surface area contributed by atoms with Crippen LogP contribution in [0.25, 0.3) is 0 Å². The molecule has 0 heterocycles. The molecule has 0 bridgehead atoms. The van der Waals surface area contributed by atoms with Gasteiger partial charge in [0.1, 0.15) is 5.75 Å². The van der Waals surface area contributed by atoms with Gasteiger partial charge < -0.3 is 9.47 Å². The summed E-state index contributed by atoms with van der Waals surface area (Å²) in [5.74, 6) is -1.44. The molecule has 6 nitrogen and oxygen atoms in total. The lowest BCUT2D eigenvalue weighted by Crippen LogP contribution is -2.34. The van der Waals surface area contributed by atoms with Gasteiger partial charge in [-0.1, -0.05) is 42.5 Å². The van der Waals surface area contributed by atoms with Crippen molar-refractivity contribution in [1.82, 2.24) is 5.32 Å². The Labute approximate surface area is 145 Å². The van der Waals surface area contributed by atoms with E-state index >= 15 is 0 Å². The summed E-state index contributed by atoms with van der Waals surface area (Å²) in [5, 5.41) is 2.16. The molecule has 2 aromatic carbocycles. The Morgan fingerprint density at radius 3 is 2.36 bits per heavy atom. The Hall–Kier alpha value is -3.15. The van der Waals surface area contributed by atoms with Gasteiger partial charge in [-0.2, -0.15) is 0 Å². The fourth-order valence-electron chi connectivity index (χ4n) is 2.17. The molecule has 0 atom stereocenters. The number of esters is 1. The van der Waals surface area contributed by atoms with Crippen molar-refractivity contribution in [3.8, 4) is 5.75 Å². The first kappa shape index (κ1) is 18.2. The van der Waals surface area contributed by atoms with E-state index in [9.17, 15) is 14.4 Å². The van der Waals surface area contributed by atoms with Crippen LogP contribution in [-0.2, 0) is 20.7 Å². The predicted octanol–water partition coefficient (Wildman–Crippen LogP) is 2.13. The van der Waals surface area contributed by atoms with Gasteiger partial charge >= 0.3 is 5.97 Å². The molecule has 25 heavy (non-hydrogen) atoms. The first-order valence-electron chi connectivity index (χ1n) is 7.77. The summed E-state index contributed by atoms with van der Waals surface area (Å²) < 4.78 is 9.95. The van der Waals surface area contributed by atoms with E-state index < -0.39 is 24.4 Å². The second-order valence-corrected chi connectivity index (χ2v) is 5.22. The second kappa shape index (κ2) is 9.22. The van der Waals surface area contributed by atoms with Crippen molar-refractivity contribution < 1.29 is 23.9 Å². The largest absolute Gasteiger partial charge is 0.496 e. The Balaban J connectivity index is 1.76. The van der Waals surface area contributed by atoms with E-state index in [0.717, 1.165) is 5.56 Å². The van der Waals surface area contributed by atoms with Crippen LogP contribution >= 0.6 is 0 Å². The van der Waals surface area contributed by atoms with E-state index in [4.69, 9.17) is 9.47 Å². The van der Waals surface area contributed by atoms with Crippen LogP contribution < -0.4 is 10.1 Å². The van der Waals surface area contributed by atoms with Gasteiger partial charge in [0, 0.05) is 6.42 Å². The summed E-state index contributed by atoms with van der Waals surface area (Å²) in [4.78, 5) is 35.5. The van der Waals surface area contributed by atoms with Crippen LogP contribution in [0.2, 0.25) is 0 Å². The first-order valence-corrected chi connectivity index (χ1v) is 7.77. The Bertz CT molecular complexity index is 742. The van der Waals surface area contributed by atoms with Crippen molar-refractivity contribution >= 4 is 17.8 Å². The van der Waals surface area contributed by atoms with E-state index in [-0.39, 0.29) is 12.0 Å². The number of imide groups is 1. The van der Waals surface area contributed by atoms with Crippen LogP contribution in [0.3, 0.4) is 0 Å². The Morgan fingerprint density at radius 1 is 0.960 bits per heavy atom. The quantitative estimate of drug-likeness (QED) is 0.780. The lowest BCUT2D eigenvalue weighted by atomic mass is 10.1. The SMILES string of the molecule is COc1ccccc1C(=O)NC(=O)COC(=O)CCc1ccccc1. The van der Waals surface area contributed by atoms with Crippen LogP contribution in [0.5, 0.6) is 5.75 Å². The normalized spacial score (nSPS) is 9.96. The number of amides is 2. The zero-order valence-corrected chi connectivity index (χ0v) is 13.9. The number of hydrogen-bond donors (Lipinski definition) is 1. The summed E-state index contributed by atoms with van der Waals surface area (Å²) in [6, 6.07) is 16.0. The van der Waals surface area contributed by atoms with Crippen LogP contribution in [0, 0.1) is 0 Å². The smallest absolute Gasteiger partial charge is 0.306 e. The van der Waals surface area contributed by atoms with Crippen LogP contribution in [0.4, 0.5) is 0 Å². The molecule has 0 spiro atoms. The summed E-state index contributed by atoms with van der Waals surface area (Å²) in [6.07, 6.45) is 0.694. The number of hydrogen-bond acceptors (Lipinski definition) is 5. The Morgan fingerprint density at radius 2 is 1.64 bits per heavy atom. The second-order valence-electron chi connectivity index (χ2n) is 5.22. The molecule has 0 radical (unpaired) electrons. The van der Waals surface area contributed by atoms with Crippen LogP contribution in [-0.4, -0.2) is 31.5 Å². The van der Waals surface area contributed by atoms with Gasteiger partial charge in [0.2, 0.25) is 0 Å². The number of nitrogens with one attached hydrogen (secondary N) is 1. The number of carbonyl (C=O) groups is 3. The minimum atomic E-state index is -0.691. The van der Waals surface area contributed by atoms with Crippen LogP contribution in [0.1, 0.15) is 22.3 Å². The van der Waals surface area contributed by atoms with E-state index in [0.29, 0.717) is 12.2 Å². The lowest BCUT2D eigenvalue weighted by Gasteiger charge is -2.08. The number of benzene rings is 2. The highest BCUT2D eigenvalue weighted by atomic mass is 16.5. The van der Waals surface area contributed by atoms with E-state index in [1.807, 2.05) is 30.3 Å². The molecule has 1 N–H and O–H groups in total. The zero-order chi connectivity index (χ0) is 18.1. The molecular weight excluding hydrogens is 322 g/mol. The van der Waals surface area contributed by atoms with Crippen molar-refractivity contribution in [2.24, 2.45) is 0 Å². The molecule has 0 fully saturated rings.